The maximum absolute atomic E-state index is 11.7. The van der Waals surface area contributed by atoms with Crippen molar-refractivity contribution in [3.63, 3.8) is 0 Å². The Morgan fingerprint density at radius 2 is 1.73 bits per heavy atom. The topological polar surface area (TPSA) is 23.6 Å². The lowest BCUT2D eigenvalue weighted by Gasteiger charge is -2.19. The predicted molar refractivity (Wildman–Crippen MR) is 71.1 cm³/mol. The van der Waals surface area contributed by atoms with Crippen LogP contribution in [0.1, 0.15) is 0 Å². The quantitative estimate of drug-likeness (QED) is 0.794. The van der Waals surface area contributed by atoms with Gasteiger partial charge in [-0.05, 0) is 61.0 Å². The molecule has 0 aliphatic carbocycles. The molecule has 0 aliphatic rings. The van der Waals surface area contributed by atoms with Crippen molar-refractivity contribution in [2.45, 2.75) is 0 Å². The number of halogens is 1. The van der Waals surface area contributed by atoms with Gasteiger partial charge in [0.2, 0.25) is 5.91 Å². The first-order valence-corrected chi connectivity index (χ1v) is 5.75. The van der Waals surface area contributed by atoms with Gasteiger partial charge >= 0.3 is 0 Å². The highest BCUT2D eigenvalue weighted by atomic mass is 127. The third kappa shape index (κ3) is 3.79. The molecule has 0 atom stereocenters. The van der Waals surface area contributed by atoms with E-state index in [0.717, 1.165) is 5.69 Å². The van der Waals surface area contributed by atoms with Gasteiger partial charge in [-0.15, -0.1) is 0 Å². The molecule has 0 heterocycles. The number of hydrogen-bond donors (Lipinski definition) is 0. The summed E-state index contributed by atoms with van der Waals surface area (Å²) < 4.78 is 1.17. The van der Waals surface area contributed by atoms with Gasteiger partial charge in [0.25, 0.3) is 0 Å². The van der Waals surface area contributed by atoms with Gasteiger partial charge in [0, 0.05) is 16.3 Å². The van der Waals surface area contributed by atoms with Crippen molar-refractivity contribution >= 4 is 34.2 Å². The fourth-order valence-electron chi connectivity index (χ4n) is 1.19. The third-order valence-corrected chi connectivity index (χ3v) is 2.76. The van der Waals surface area contributed by atoms with Crippen molar-refractivity contribution in [2.24, 2.45) is 0 Å². The van der Waals surface area contributed by atoms with E-state index in [2.05, 4.69) is 22.6 Å². The summed E-state index contributed by atoms with van der Waals surface area (Å²) in [4.78, 5) is 15.3. The molecule has 0 saturated carbocycles. The molecule has 0 radical (unpaired) electrons. The van der Waals surface area contributed by atoms with Crippen LogP contribution in [0.4, 0.5) is 5.69 Å². The van der Waals surface area contributed by atoms with E-state index < -0.39 is 0 Å². The highest BCUT2D eigenvalue weighted by Crippen LogP contribution is 2.15. The van der Waals surface area contributed by atoms with Crippen LogP contribution in [0.15, 0.2) is 24.3 Å². The van der Waals surface area contributed by atoms with Gasteiger partial charge in [0.15, 0.2) is 0 Å². The van der Waals surface area contributed by atoms with E-state index in [1.807, 2.05) is 43.3 Å². The number of nitrogens with zero attached hydrogens (tertiary/aromatic N) is 2. The van der Waals surface area contributed by atoms with E-state index in [1.54, 1.807) is 11.9 Å². The van der Waals surface area contributed by atoms with E-state index in [-0.39, 0.29) is 5.91 Å². The van der Waals surface area contributed by atoms with Gasteiger partial charge in [-0.2, -0.15) is 0 Å². The van der Waals surface area contributed by atoms with Gasteiger partial charge in [0.1, 0.15) is 0 Å². The molecule has 1 amide bonds. The molecule has 15 heavy (non-hydrogen) atoms. The first kappa shape index (κ1) is 12.4. The maximum atomic E-state index is 11.7. The SMILES string of the molecule is CN(C)CC(=O)N(C)c1ccc(I)cc1. The van der Waals surface area contributed by atoms with Crippen LogP contribution in [0.5, 0.6) is 0 Å². The molecule has 0 aromatic heterocycles. The summed E-state index contributed by atoms with van der Waals surface area (Å²) in [7, 11) is 5.58. The largest absolute Gasteiger partial charge is 0.314 e. The van der Waals surface area contributed by atoms with Crippen LogP contribution >= 0.6 is 22.6 Å². The fraction of sp³-hybridized carbons (Fsp3) is 0.364. The number of rotatable bonds is 3. The van der Waals surface area contributed by atoms with Crippen LogP contribution in [0.25, 0.3) is 0 Å². The Morgan fingerprint density at radius 1 is 1.20 bits per heavy atom. The molecule has 1 aromatic carbocycles. The summed E-state index contributed by atoms with van der Waals surface area (Å²) in [6.45, 7) is 0.433. The van der Waals surface area contributed by atoms with Crippen LogP contribution < -0.4 is 4.90 Å². The first-order valence-electron chi connectivity index (χ1n) is 4.67. The number of benzene rings is 1. The monoisotopic (exact) mass is 318 g/mol. The molecule has 3 nitrogen and oxygen atoms in total. The standard InChI is InChI=1S/C11H15IN2O/c1-13(2)8-11(15)14(3)10-6-4-9(12)5-7-10/h4-7H,8H2,1-3H3. The zero-order chi connectivity index (χ0) is 11.4. The van der Waals surface area contributed by atoms with Gasteiger partial charge in [-0.3, -0.25) is 4.79 Å². The zero-order valence-electron chi connectivity index (χ0n) is 9.20. The highest BCUT2D eigenvalue weighted by Gasteiger charge is 2.10. The van der Waals surface area contributed by atoms with E-state index in [4.69, 9.17) is 0 Å². The Labute approximate surface area is 104 Å². The lowest BCUT2D eigenvalue weighted by Crippen LogP contribution is -2.34. The van der Waals surface area contributed by atoms with Crippen LogP contribution in [-0.2, 0) is 4.79 Å². The Hall–Kier alpha value is -0.620. The van der Waals surface area contributed by atoms with Crippen LogP contribution in [-0.4, -0.2) is 38.5 Å². The van der Waals surface area contributed by atoms with Gasteiger partial charge < -0.3 is 9.80 Å². The van der Waals surface area contributed by atoms with Crippen molar-refractivity contribution < 1.29 is 4.79 Å². The van der Waals surface area contributed by atoms with Crippen molar-refractivity contribution in [3.8, 4) is 0 Å². The number of anilines is 1. The minimum Gasteiger partial charge on any atom is -0.314 e. The normalized spacial score (nSPS) is 10.5. The van der Waals surface area contributed by atoms with Crippen molar-refractivity contribution in [1.29, 1.82) is 0 Å². The molecule has 0 unspecified atom stereocenters. The second-order valence-electron chi connectivity index (χ2n) is 3.67. The summed E-state index contributed by atoms with van der Waals surface area (Å²) in [6.07, 6.45) is 0. The lowest BCUT2D eigenvalue weighted by molar-refractivity contribution is -0.118. The van der Waals surface area contributed by atoms with Gasteiger partial charge in [-0.25, -0.2) is 0 Å². The Morgan fingerprint density at radius 3 is 2.20 bits per heavy atom. The van der Waals surface area contributed by atoms with Crippen LogP contribution in [0.3, 0.4) is 0 Å². The molecule has 0 spiro atoms. The molecule has 4 heteroatoms. The maximum Gasteiger partial charge on any atom is 0.240 e. The van der Waals surface area contributed by atoms with E-state index in [1.165, 1.54) is 3.57 Å². The Balaban J connectivity index is 2.71. The number of carbonyl (C=O) groups is 1. The minimum absolute atomic E-state index is 0.0983. The average molecular weight is 318 g/mol. The summed E-state index contributed by atoms with van der Waals surface area (Å²) in [5.74, 6) is 0.0983. The van der Waals surface area contributed by atoms with Crippen molar-refractivity contribution in [2.75, 3.05) is 32.6 Å². The van der Waals surface area contributed by atoms with E-state index >= 15 is 0 Å². The third-order valence-electron chi connectivity index (χ3n) is 2.04. The van der Waals surface area contributed by atoms with Gasteiger partial charge in [-0.1, -0.05) is 0 Å². The molecule has 0 bridgehead atoms. The van der Waals surface area contributed by atoms with E-state index in [9.17, 15) is 4.79 Å². The van der Waals surface area contributed by atoms with E-state index in [0.29, 0.717) is 6.54 Å². The second kappa shape index (κ2) is 5.46. The smallest absolute Gasteiger partial charge is 0.240 e. The summed E-state index contributed by atoms with van der Waals surface area (Å²) in [6, 6.07) is 7.90. The molecular weight excluding hydrogens is 303 g/mol. The number of likely N-dealkylation sites (N-methyl/N-ethyl adjacent to an activating group) is 2. The molecule has 0 fully saturated rings. The van der Waals surface area contributed by atoms with Crippen molar-refractivity contribution in [1.82, 2.24) is 4.90 Å². The van der Waals surface area contributed by atoms with Crippen LogP contribution in [0.2, 0.25) is 0 Å². The number of amides is 1. The number of carbonyl (C=O) groups excluding carboxylic acids is 1. The summed E-state index contributed by atoms with van der Waals surface area (Å²) in [5, 5.41) is 0. The molecular formula is C11H15IN2O. The molecule has 1 rings (SSSR count). The summed E-state index contributed by atoms with van der Waals surface area (Å²) >= 11 is 2.25. The average Bonchev–Trinajstić information content (AvgIpc) is 2.17. The predicted octanol–water partition coefficient (Wildman–Crippen LogP) is 1.82. The molecule has 1 aromatic rings. The Bertz CT molecular complexity index is 335. The minimum atomic E-state index is 0.0983. The highest BCUT2D eigenvalue weighted by molar-refractivity contribution is 14.1. The van der Waals surface area contributed by atoms with Crippen molar-refractivity contribution in [3.05, 3.63) is 27.8 Å². The molecule has 0 aliphatic heterocycles. The molecule has 82 valence electrons. The number of hydrogen-bond acceptors (Lipinski definition) is 2. The van der Waals surface area contributed by atoms with Crippen LogP contribution in [0, 0.1) is 3.57 Å². The lowest BCUT2D eigenvalue weighted by atomic mass is 10.3. The molecule has 0 saturated heterocycles. The molecule has 0 N–H and O–H groups in total. The zero-order valence-corrected chi connectivity index (χ0v) is 11.4. The Kier molecular flexibility index (Phi) is 4.53. The second-order valence-corrected chi connectivity index (χ2v) is 4.91. The first-order chi connectivity index (χ1) is 7.00. The summed E-state index contributed by atoms with van der Waals surface area (Å²) in [5.41, 5.74) is 0.933. The fourth-order valence-corrected chi connectivity index (χ4v) is 1.54. The van der Waals surface area contributed by atoms with Gasteiger partial charge in [0.05, 0.1) is 6.54 Å².